The van der Waals surface area contributed by atoms with Gasteiger partial charge in [-0.15, -0.1) is 0 Å². The van der Waals surface area contributed by atoms with Crippen LogP contribution >= 0.6 is 0 Å². The van der Waals surface area contributed by atoms with Crippen molar-refractivity contribution in [3.63, 3.8) is 0 Å². The molecule has 2 aromatic rings. The van der Waals surface area contributed by atoms with E-state index < -0.39 is 0 Å². The quantitative estimate of drug-likeness (QED) is 0.936. The van der Waals surface area contributed by atoms with Crippen molar-refractivity contribution in [1.82, 2.24) is 15.4 Å². The van der Waals surface area contributed by atoms with E-state index in [-0.39, 0.29) is 23.6 Å². The number of carbonyl (C=O) groups excluding carboxylic acids is 2. The molecule has 22 heavy (non-hydrogen) atoms. The minimum Gasteiger partial charge on any atom is -0.355 e. The van der Waals surface area contributed by atoms with Crippen LogP contribution in [0.1, 0.15) is 23.3 Å². The Morgan fingerprint density at radius 2 is 2.14 bits per heavy atom. The van der Waals surface area contributed by atoms with Crippen molar-refractivity contribution >= 4 is 11.8 Å². The fourth-order valence-corrected chi connectivity index (χ4v) is 2.51. The zero-order chi connectivity index (χ0) is 15.5. The molecule has 0 aliphatic carbocycles. The van der Waals surface area contributed by atoms with E-state index in [0.29, 0.717) is 25.1 Å². The van der Waals surface area contributed by atoms with Gasteiger partial charge in [0.15, 0.2) is 11.5 Å². The van der Waals surface area contributed by atoms with Gasteiger partial charge in [-0.2, -0.15) is 0 Å². The Morgan fingerprint density at radius 3 is 2.86 bits per heavy atom. The van der Waals surface area contributed by atoms with Crippen LogP contribution in [0, 0.1) is 0 Å². The zero-order valence-electron chi connectivity index (χ0n) is 12.3. The van der Waals surface area contributed by atoms with E-state index in [1.54, 1.807) is 18.0 Å². The predicted molar refractivity (Wildman–Crippen MR) is 80.1 cm³/mol. The van der Waals surface area contributed by atoms with Gasteiger partial charge in [0.05, 0.1) is 0 Å². The monoisotopic (exact) mass is 299 g/mol. The van der Waals surface area contributed by atoms with E-state index in [1.807, 2.05) is 30.3 Å². The smallest absolute Gasteiger partial charge is 0.273 e. The second kappa shape index (κ2) is 6.01. The third kappa shape index (κ3) is 3.00. The highest BCUT2D eigenvalue weighted by Gasteiger charge is 2.25. The van der Waals surface area contributed by atoms with Gasteiger partial charge in [0, 0.05) is 37.7 Å². The average Bonchev–Trinajstić information content (AvgIpc) is 3.02. The number of likely N-dealkylation sites (N-methyl/N-ethyl adjacent to an activating group) is 1. The van der Waals surface area contributed by atoms with E-state index in [9.17, 15) is 9.59 Å². The van der Waals surface area contributed by atoms with Gasteiger partial charge in [0.1, 0.15) is 0 Å². The predicted octanol–water partition coefficient (Wildman–Crippen LogP) is 1.69. The van der Waals surface area contributed by atoms with Gasteiger partial charge >= 0.3 is 0 Å². The summed E-state index contributed by atoms with van der Waals surface area (Å²) in [6.07, 6.45) is 1.10. The first-order chi connectivity index (χ1) is 10.6. The Bertz CT molecular complexity index is 681. The lowest BCUT2D eigenvalue weighted by molar-refractivity contribution is -0.132. The highest BCUT2D eigenvalue weighted by Crippen LogP contribution is 2.20. The highest BCUT2D eigenvalue weighted by molar-refractivity contribution is 5.93. The maximum Gasteiger partial charge on any atom is 0.273 e. The van der Waals surface area contributed by atoms with Crippen molar-refractivity contribution in [2.24, 2.45) is 0 Å². The summed E-state index contributed by atoms with van der Waals surface area (Å²) < 4.78 is 5.22. The van der Waals surface area contributed by atoms with Crippen LogP contribution in [0.4, 0.5) is 0 Å². The molecule has 0 bridgehead atoms. The van der Waals surface area contributed by atoms with Gasteiger partial charge in [-0.05, 0) is 6.42 Å². The number of likely N-dealkylation sites (tertiary alicyclic amines) is 1. The molecule has 114 valence electrons. The van der Waals surface area contributed by atoms with E-state index in [4.69, 9.17) is 4.52 Å². The minimum atomic E-state index is -0.279. The summed E-state index contributed by atoms with van der Waals surface area (Å²) in [6.45, 7) is 0.522. The van der Waals surface area contributed by atoms with E-state index in [1.165, 1.54) is 0 Å². The van der Waals surface area contributed by atoms with Crippen molar-refractivity contribution in [2.45, 2.75) is 18.9 Å². The molecule has 1 aromatic heterocycles. The number of piperidine rings is 1. The summed E-state index contributed by atoms with van der Waals surface area (Å²) in [4.78, 5) is 25.3. The molecule has 1 unspecified atom stereocenters. The Labute approximate surface area is 128 Å². The Morgan fingerprint density at radius 1 is 1.36 bits per heavy atom. The van der Waals surface area contributed by atoms with Crippen LogP contribution < -0.4 is 5.32 Å². The van der Waals surface area contributed by atoms with E-state index in [0.717, 1.165) is 5.56 Å². The van der Waals surface area contributed by atoms with Gasteiger partial charge in [-0.25, -0.2) is 0 Å². The maximum absolute atomic E-state index is 12.2. The summed E-state index contributed by atoms with van der Waals surface area (Å²) in [5.41, 5.74) is 1.12. The van der Waals surface area contributed by atoms with Gasteiger partial charge in [-0.1, -0.05) is 35.5 Å². The van der Waals surface area contributed by atoms with Crippen LogP contribution in [-0.4, -0.2) is 41.5 Å². The molecule has 0 saturated carbocycles. The fourth-order valence-electron chi connectivity index (χ4n) is 2.51. The molecule has 1 N–H and O–H groups in total. The second-order valence-electron chi connectivity index (χ2n) is 5.43. The molecule has 1 aliphatic heterocycles. The number of amides is 2. The van der Waals surface area contributed by atoms with Gasteiger partial charge in [0.2, 0.25) is 5.91 Å². The number of rotatable bonds is 3. The number of carbonyl (C=O) groups is 2. The lowest BCUT2D eigenvalue weighted by Gasteiger charge is -2.29. The molecular weight excluding hydrogens is 282 g/mol. The van der Waals surface area contributed by atoms with Gasteiger partial charge in [-0.3, -0.25) is 9.59 Å². The van der Waals surface area contributed by atoms with E-state index in [2.05, 4.69) is 10.5 Å². The number of nitrogens with zero attached hydrogens (tertiary/aromatic N) is 2. The number of hydrogen-bond donors (Lipinski definition) is 1. The van der Waals surface area contributed by atoms with Crippen molar-refractivity contribution in [3.8, 4) is 11.3 Å². The first-order valence-corrected chi connectivity index (χ1v) is 7.20. The summed E-state index contributed by atoms with van der Waals surface area (Å²) in [5.74, 6) is 0.388. The standard InChI is InChI=1S/C16H17N3O3/c1-19-10-12(7-8-15(19)20)17-16(21)13-9-14(22-18-13)11-5-3-2-4-6-11/h2-6,9,12H,7-8,10H2,1H3,(H,17,21). The third-order valence-electron chi connectivity index (χ3n) is 3.76. The molecule has 1 atom stereocenters. The number of nitrogens with one attached hydrogen (secondary N) is 1. The lowest BCUT2D eigenvalue weighted by atomic mass is 10.1. The largest absolute Gasteiger partial charge is 0.355 e. The average molecular weight is 299 g/mol. The van der Waals surface area contributed by atoms with Crippen LogP contribution in [0.2, 0.25) is 0 Å². The first-order valence-electron chi connectivity index (χ1n) is 7.20. The third-order valence-corrected chi connectivity index (χ3v) is 3.76. The summed E-state index contributed by atoms with van der Waals surface area (Å²) in [6, 6.07) is 11.1. The topological polar surface area (TPSA) is 75.4 Å². The van der Waals surface area contributed by atoms with Gasteiger partial charge in [0.25, 0.3) is 5.91 Å². The molecule has 0 spiro atoms. The molecule has 3 rings (SSSR count). The van der Waals surface area contributed by atoms with Crippen molar-refractivity contribution in [3.05, 3.63) is 42.1 Å². The molecule has 1 fully saturated rings. The van der Waals surface area contributed by atoms with Crippen LogP contribution in [0.25, 0.3) is 11.3 Å². The first kappa shape index (κ1) is 14.3. The molecule has 1 aromatic carbocycles. The van der Waals surface area contributed by atoms with Crippen LogP contribution in [0.5, 0.6) is 0 Å². The molecule has 1 aliphatic rings. The Kier molecular flexibility index (Phi) is 3.91. The zero-order valence-corrected chi connectivity index (χ0v) is 12.3. The Balaban J connectivity index is 1.66. The van der Waals surface area contributed by atoms with Crippen molar-refractivity contribution in [2.75, 3.05) is 13.6 Å². The lowest BCUT2D eigenvalue weighted by Crippen LogP contribution is -2.48. The molecular formula is C16H17N3O3. The molecule has 6 heteroatoms. The molecule has 6 nitrogen and oxygen atoms in total. The molecule has 0 radical (unpaired) electrons. The Hall–Kier alpha value is -2.63. The number of aromatic nitrogens is 1. The molecule has 1 saturated heterocycles. The molecule has 2 heterocycles. The van der Waals surface area contributed by atoms with Crippen LogP contribution in [0.3, 0.4) is 0 Å². The van der Waals surface area contributed by atoms with Gasteiger partial charge < -0.3 is 14.7 Å². The summed E-state index contributed by atoms with van der Waals surface area (Å²) in [7, 11) is 1.74. The minimum absolute atomic E-state index is 0.0490. The summed E-state index contributed by atoms with van der Waals surface area (Å²) >= 11 is 0. The maximum atomic E-state index is 12.2. The fraction of sp³-hybridized carbons (Fsp3) is 0.312. The van der Waals surface area contributed by atoms with Crippen LogP contribution in [-0.2, 0) is 4.79 Å². The normalized spacial score (nSPS) is 18.3. The summed E-state index contributed by atoms with van der Waals surface area (Å²) in [5, 5.41) is 6.72. The van der Waals surface area contributed by atoms with E-state index >= 15 is 0 Å². The number of benzene rings is 1. The SMILES string of the molecule is CN1CC(NC(=O)c2cc(-c3ccccc3)on2)CCC1=O. The van der Waals surface area contributed by atoms with Crippen molar-refractivity contribution < 1.29 is 14.1 Å². The van der Waals surface area contributed by atoms with Crippen LogP contribution in [0.15, 0.2) is 40.9 Å². The van der Waals surface area contributed by atoms with Crippen molar-refractivity contribution in [1.29, 1.82) is 0 Å². The highest BCUT2D eigenvalue weighted by atomic mass is 16.5. The number of hydrogen-bond acceptors (Lipinski definition) is 4. The second-order valence-corrected chi connectivity index (χ2v) is 5.43. The molecule has 2 amide bonds.